The minimum Gasteiger partial charge on any atom is -0.493 e. The first-order valence-corrected chi connectivity index (χ1v) is 12.3. The molecule has 2 unspecified atom stereocenters. The van der Waals surface area contributed by atoms with Gasteiger partial charge in [-0.1, -0.05) is 11.6 Å². The summed E-state index contributed by atoms with van der Waals surface area (Å²) in [4.78, 5) is 9.59. The van der Waals surface area contributed by atoms with Crippen LogP contribution in [0.3, 0.4) is 0 Å². The van der Waals surface area contributed by atoms with Crippen molar-refractivity contribution in [3.63, 3.8) is 0 Å². The van der Waals surface area contributed by atoms with E-state index in [9.17, 15) is 0 Å². The summed E-state index contributed by atoms with van der Waals surface area (Å²) in [5.74, 6) is 4.67. The van der Waals surface area contributed by atoms with Gasteiger partial charge < -0.3 is 19.5 Å². The van der Waals surface area contributed by atoms with Gasteiger partial charge in [0.25, 0.3) is 0 Å². The van der Waals surface area contributed by atoms with Crippen molar-refractivity contribution >= 4 is 40.1 Å². The lowest BCUT2D eigenvalue weighted by Gasteiger charge is -2.14. The van der Waals surface area contributed by atoms with E-state index in [4.69, 9.17) is 35.8 Å². The van der Waals surface area contributed by atoms with Crippen molar-refractivity contribution < 1.29 is 14.2 Å². The Kier molecular flexibility index (Phi) is 7.60. The zero-order valence-corrected chi connectivity index (χ0v) is 20.1. The molecule has 6 nitrogen and oxygen atoms in total. The first-order chi connectivity index (χ1) is 15.6. The van der Waals surface area contributed by atoms with Crippen LogP contribution in [0.2, 0.25) is 5.02 Å². The molecule has 1 aromatic heterocycles. The average Bonchev–Trinajstić information content (AvgIpc) is 3.23. The van der Waals surface area contributed by atoms with E-state index < -0.39 is 0 Å². The van der Waals surface area contributed by atoms with E-state index >= 15 is 0 Å². The Hall–Kier alpha value is -2.22. The lowest BCUT2D eigenvalue weighted by atomic mass is 10.1. The summed E-state index contributed by atoms with van der Waals surface area (Å²) >= 11 is 7.96. The van der Waals surface area contributed by atoms with Crippen LogP contribution in [0.15, 0.2) is 36.4 Å². The molecule has 0 bridgehead atoms. The molecule has 2 aromatic carbocycles. The molecule has 4 rings (SSSR count). The largest absolute Gasteiger partial charge is 0.493 e. The van der Waals surface area contributed by atoms with E-state index in [2.05, 4.69) is 12.2 Å². The van der Waals surface area contributed by atoms with Crippen LogP contribution in [0.1, 0.15) is 19.8 Å². The lowest BCUT2D eigenvalue weighted by Crippen LogP contribution is -2.13. The average molecular weight is 474 g/mol. The van der Waals surface area contributed by atoms with E-state index in [-0.39, 0.29) is 0 Å². The molecule has 0 saturated carbocycles. The fourth-order valence-corrected chi connectivity index (χ4v) is 4.83. The zero-order chi connectivity index (χ0) is 22.5. The minimum atomic E-state index is 0.378. The third kappa shape index (κ3) is 5.39. The molecule has 0 aliphatic carbocycles. The van der Waals surface area contributed by atoms with Gasteiger partial charge in [0.1, 0.15) is 5.82 Å². The van der Waals surface area contributed by atoms with Gasteiger partial charge in [0, 0.05) is 40.1 Å². The Labute approximate surface area is 198 Å². The number of fused-ring (bicyclic) bond motifs is 1. The molecular weight excluding hydrogens is 446 g/mol. The molecule has 1 aliphatic rings. The van der Waals surface area contributed by atoms with Gasteiger partial charge in [0.05, 0.1) is 31.9 Å². The van der Waals surface area contributed by atoms with E-state index in [1.807, 2.05) is 48.2 Å². The van der Waals surface area contributed by atoms with Gasteiger partial charge >= 0.3 is 0 Å². The van der Waals surface area contributed by atoms with Crippen molar-refractivity contribution in [2.24, 2.45) is 0 Å². The molecule has 1 N–H and O–H groups in total. The molecule has 32 heavy (non-hydrogen) atoms. The smallest absolute Gasteiger partial charge is 0.162 e. The Balaban J connectivity index is 1.55. The number of benzene rings is 2. The fourth-order valence-electron chi connectivity index (χ4n) is 3.78. The number of nitrogens with one attached hydrogen (secondary N) is 1. The van der Waals surface area contributed by atoms with Crippen LogP contribution in [0.25, 0.3) is 22.3 Å². The quantitative estimate of drug-likeness (QED) is 0.401. The molecule has 0 amide bonds. The van der Waals surface area contributed by atoms with Crippen LogP contribution >= 0.6 is 23.4 Å². The molecular formula is C24H28ClN3O3S. The molecule has 2 heterocycles. The third-order valence-electron chi connectivity index (χ3n) is 5.47. The lowest BCUT2D eigenvalue weighted by molar-refractivity contribution is 0.0700. The number of aromatic nitrogens is 2. The molecule has 8 heteroatoms. The summed E-state index contributed by atoms with van der Waals surface area (Å²) < 4.78 is 16.9. The van der Waals surface area contributed by atoms with E-state index in [0.29, 0.717) is 34.6 Å². The maximum Gasteiger partial charge on any atom is 0.162 e. The van der Waals surface area contributed by atoms with Gasteiger partial charge in [-0.3, -0.25) is 0 Å². The monoisotopic (exact) mass is 473 g/mol. The number of hydrogen-bond acceptors (Lipinski definition) is 7. The second-order valence-electron chi connectivity index (χ2n) is 7.77. The molecule has 3 aromatic rings. The highest BCUT2D eigenvalue weighted by molar-refractivity contribution is 7.99. The Morgan fingerprint density at radius 1 is 1.09 bits per heavy atom. The SMILES string of the molecule is COc1cc2nc(-c3ccc(Cl)cc3)nc(NCCSCC3CCC(C)O3)c2cc1OC. The van der Waals surface area contributed by atoms with Crippen LogP contribution < -0.4 is 14.8 Å². The number of nitrogens with zero attached hydrogens (tertiary/aromatic N) is 2. The second kappa shape index (κ2) is 10.6. The normalized spacial score (nSPS) is 18.1. The van der Waals surface area contributed by atoms with Crippen LogP contribution in [-0.2, 0) is 4.74 Å². The van der Waals surface area contributed by atoms with Crippen molar-refractivity contribution in [3.8, 4) is 22.9 Å². The molecule has 2 atom stereocenters. The summed E-state index contributed by atoms with van der Waals surface area (Å²) in [7, 11) is 3.25. The minimum absolute atomic E-state index is 0.378. The number of halogens is 1. The third-order valence-corrected chi connectivity index (χ3v) is 6.82. The highest BCUT2D eigenvalue weighted by atomic mass is 35.5. The summed E-state index contributed by atoms with van der Waals surface area (Å²) in [5, 5.41) is 5.06. The highest BCUT2D eigenvalue weighted by Crippen LogP contribution is 2.35. The number of ether oxygens (including phenoxy) is 3. The molecule has 0 radical (unpaired) electrons. The first-order valence-electron chi connectivity index (χ1n) is 10.7. The first kappa shape index (κ1) is 23.0. The highest BCUT2D eigenvalue weighted by Gasteiger charge is 2.21. The Morgan fingerprint density at radius 3 is 2.53 bits per heavy atom. The van der Waals surface area contributed by atoms with E-state index in [1.54, 1.807) is 14.2 Å². The van der Waals surface area contributed by atoms with E-state index in [1.165, 1.54) is 0 Å². The van der Waals surface area contributed by atoms with Crippen LogP contribution in [0.4, 0.5) is 5.82 Å². The summed E-state index contributed by atoms with van der Waals surface area (Å²) in [5.41, 5.74) is 1.68. The van der Waals surface area contributed by atoms with Crippen LogP contribution in [0.5, 0.6) is 11.5 Å². The number of thioether (sulfide) groups is 1. The molecule has 1 fully saturated rings. The fraction of sp³-hybridized carbons (Fsp3) is 0.417. The predicted octanol–water partition coefficient (Wildman–Crippen LogP) is 5.68. The molecule has 0 spiro atoms. The molecule has 1 aliphatic heterocycles. The number of hydrogen-bond donors (Lipinski definition) is 1. The Morgan fingerprint density at radius 2 is 1.84 bits per heavy atom. The van der Waals surface area contributed by atoms with Gasteiger partial charge in [-0.05, 0) is 50.1 Å². The van der Waals surface area contributed by atoms with Crippen LogP contribution in [0, 0.1) is 0 Å². The van der Waals surface area contributed by atoms with Gasteiger partial charge in [0.2, 0.25) is 0 Å². The summed E-state index contributed by atoms with van der Waals surface area (Å²) in [6.45, 7) is 2.93. The predicted molar refractivity (Wildman–Crippen MR) is 132 cm³/mol. The van der Waals surface area contributed by atoms with Gasteiger partial charge in [-0.2, -0.15) is 11.8 Å². The van der Waals surface area contributed by atoms with Gasteiger partial charge in [0.15, 0.2) is 17.3 Å². The number of rotatable bonds is 9. The summed E-state index contributed by atoms with van der Waals surface area (Å²) in [6, 6.07) is 11.3. The van der Waals surface area contributed by atoms with E-state index in [0.717, 1.165) is 53.2 Å². The number of methoxy groups -OCH3 is 2. The maximum absolute atomic E-state index is 6.06. The zero-order valence-electron chi connectivity index (χ0n) is 18.6. The molecule has 1 saturated heterocycles. The van der Waals surface area contributed by atoms with Crippen LogP contribution in [-0.4, -0.2) is 54.4 Å². The van der Waals surface area contributed by atoms with Gasteiger partial charge in [-0.25, -0.2) is 9.97 Å². The topological polar surface area (TPSA) is 65.5 Å². The number of anilines is 1. The van der Waals surface area contributed by atoms with Crippen molar-refractivity contribution in [2.45, 2.75) is 32.0 Å². The van der Waals surface area contributed by atoms with Crippen molar-refractivity contribution in [1.29, 1.82) is 0 Å². The standard InChI is InChI=1S/C24H28ClN3O3S/c1-15-4-9-18(31-15)14-32-11-10-26-24-19-12-21(29-2)22(30-3)13-20(19)27-23(28-24)16-5-7-17(25)8-6-16/h5-8,12-13,15,18H,4,9-11,14H2,1-3H3,(H,26,27,28). The Bertz CT molecular complexity index is 1060. The summed E-state index contributed by atoms with van der Waals surface area (Å²) in [6.07, 6.45) is 3.09. The van der Waals surface area contributed by atoms with Crippen molar-refractivity contribution in [2.75, 3.05) is 37.6 Å². The van der Waals surface area contributed by atoms with Gasteiger partial charge in [-0.15, -0.1) is 0 Å². The molecule has 170 valence electrons. The van der Waals surface area contributed by atoms with Crippen molar-refractivity contribution in [1.82, 2.24) is 9.97 Å². The van der Waals surface area contributed by atoms with Crippen molar-refractivity contribution in [3.05, 3.63) is 41.4 Å². The maximum atomic E-state index is 6.06. The second-order valence-corrected chi connectivity index (χ2v) is 9.36.